The molecule has 0 aromatic heterocycles. The van der Waals surface area contributed by atoms with Crippen molar-refractivity contribution in [2.45, 2.75) is 45.4 Å². The Bertz CT molecular complexity index is 1800. The average molecular weight is 801 g/mol. The van der Waals surface area contributed by atoms with Gasteiger partial charge in [-0.3, -0.25) is 0 Å². The number of benzene rings is 4. The molecule has 0 heterocycles. The third-order valence-electron chi connectivity index (χ3n) is 7.41. The Morgan fingerprint density at radius 2 is 1.25 bits per heavy atom. The van der Waals surface area contributed by atoms with Gasteiger partial charge in [-0.25, -0.2) is 14.4 Å². The van der Waals surface area contributed by atoms with Gasteiger partial charge in [0.15, 0.2) is 0 Å². The van der Waals surface area contributed by atoms with Crippen molar-refractivity contribution in [1.29, 1.82) is 0 Å². The number of esters is 3. The lowest BCUT2D eigenvalue weighted by Crippen LogP contribution is -2.14. The lowest BCUT2D eigenvalue weighted by molar-refractivity contribution is 0.0492. The van der Waals surface area contributed by atoms with Crippen LogP contribution < -0.4 is 14.2 Å². The standard InChI is InChI=1S/C42H41IO8/c1-3-5-28-49-42(46)38-30-37(50-40(44)34-18-20-35(43)21-19-34)24-25-39(38)51-41(45)33-16-12-31(13-17-33)10-11-32-14-22-36(23-15-32)48-29-9-7-6-8-27-47-26-4-2/h4,12-25,30H,2-3,5-9,26-29H2,1H3. The highest BCUT2D eigenvalue weighted by Crippen LogP contribution is 2.27. The molecule has 0 aliphatic heterocycles. The van der Waals surface area contributed by atoms with Gasteiger partial charge < -0.3 is 23.7 Å². The monoisotopic (exact) mass is 800 g/mol. The SMILES string of the molecule is C=CCOCCCCCCOc1ccc(C#Cc2ccc(C(=O)Oc3ccc(OC(=O)c4ccc(I)cc4)cc3C(=O)OCCCC)cc2)cc1. The van der Waals surface area contributed by atoms with E-state index in [9.17, 15) is 14.4 Å². The number of hydrogen-bond donors (Lipinski definition) is 0. The fraction of sp³-hybridized carbons (Fsp3) is 0.262. The van der Waals surface area contributed by atoms with Crippen LogP contribution in [0.2, 0.25) is 0 Å². The Balaban J connectivity index is 1.33. The molecule has 0 saturated carbocycles. The van der Waals surface area contributed by atoms with Crippen molar-refractivity contribution in [2.75, 3.05) is 26.4 Å². The van der Waals surface area contributed by atoms with E-state index in [1.54, 1.807) is 54.6 Å². The van der Waals surface area contributed by atoms with Crippen LogP contribution >= 0.6 is 22.6 Å². The maximum absolute atomic E-state index is 13.1. The molecule has 8 nitrogen and oxygen atoms in total. The molecular weight excluding hydrogens is 759 g/mol. The summed E-state index contributed by atoms with van der Waals surface area (Å²) in [4.78, 5) is 38.8. The van der Waals surface area contributed by atoms with Crippen molar-refractivity contribution in [3.8, 4) is 29.1 Å². The molecule has 4 aromatic rings. The first-order valence-electron chi connectivity index (χ1n) is 16.9. The average Bonchev–Trinajstić information content (AvgIpc) is 3.15. The molecule has 0 radical (unpaired) electrons. The van der Waals surface area contributed by atoms with E-state index >= 15 is 0 Å². The molecule has 0 bridgehead atoms. The molecule has 51 heavy (non-hydrogen) atoms. The Morgan fingerprint density at radius 3 is 1.90 bits per heavy atom. The summed E-state index contributed by atoms with van der Waals surface area (Å²) in [7, 11) is 0. The fourth-order valence-electron chi connectivity index (χ4n) is 4.60. The minimum atomic E-state index is -0.694. The van der Waals surface area contributed by atoms with E-state index in [-0.39, 0.29) is 29.2 Å². The highest BCUT2D eigenvalue weighted by atomic mass is 127. The second kappa shape index (κ2) is 21.3. The molecule has 264 valence electrons. The van der Waals surface area contributed by atoms with Gasteiger partial charge in [-0.2, -0.15) is 0 Å². The van der Waals surface area contributed by atoms with Crippen molar-refractivity contribution < 1.29 is 38.1 Å². The second-order valence-corrected chi connectivity index (χ2v) is 12.7. The Morgan fingerprint density at radius 1 is 0.667 bits per heavy atom. The molecule has 0 aliphatic rings. The number of halogens is 1. The maximum Gasteiger partial charge on any atom is 0.343 e. The van der Waals surface area contributed by atoms with Gasteiger partial charge >= 0.3 is 17.9 Å². The first-order valence-corrected chi connectivity index (χ1v) is 18.0. The highest BCUT2D eigenvalue weighted by Gasteiger charge is 2.20. The first kappa shape index (κ1) is 38.9. The molecule has 0 unspecified atom stereocenters. The van der Waals surface area contributed by atoms with Crippen LogP contribution in [0.3, 0.4) is 0 Å². The smallest absolute Gasteiger partial charge is 0.343 e. The maximum atomic E-state index is 13.1. The molecule has 9 heteroatoms. The number of ether oxygens (including phenoxy) is 5. The van der Waals surface area contributed by atoms with Crippen LogP contribution in [0.5, 0.6) is 17.2 Å². The minimum absolute atomic E-state index is 0.0168. The Kier molecular flexibility index (Phi) is 16.3. The Hall–Kier alpha value is -4.92. The lowest BCUT2D eigenvalue weighted by atomic mass is 10.1. The summed E-state index contributed by atoms with van der Waals surface area (Å²) < 4.78 is 28.7. The molecule has 0 spiro atoms. The number of carbonyl (C=O) groups excluding carboxylic acids is 3. The zero-order valence-corrected chi connectivity index (χ0v) is 30.8. The molecule has 4 rings (SSSR count). The van der Waals surface area contributed by atoms with Crippen molar-refractivity contribution in [3.05, 3.63) is 135 Å². The first-order chi connectivity index (χ1) is 24.9. The summed E-state index contributed by atoms with van der Waals surface area (Å²) in [5.41, 5.74) is 2.13. The van der Waals surface area contributed by atoms with E-state index in [0.717, 1.165) is 53.6 Å². The highest BCUT2D eigenvalue weighted by molar-refractivity contribution is 14.1. The van der Waals surface area contributed by atoms with E-state index in [1.165, 1.54) is 18.2 Å². The van der Waals surface area contributed by atoms with Crippen molar-refractivity contribution in [3.63, 3.8) is 0 Å². The van der Waals surface area contributed by atoms with E-state index < -0.39 is 17.9 Å². The molecule has 0 N–H and O–H groups in total. The van der Waals surface area contributed by atoms with Crippen molar-refractivity contribution >= 4 is 40.5 Å². The lowest BCUT2D eigenvalue weighted by Gasteiger charge is -2.12. The molecular formula is C42H41IO8. The van der Waals surface area contributed by atoms with E-state index in [1.807, 2.05) is 31.2 Å². The van der Waals surface area contributed by atoms with Crippen LogP contribution in [-0.4, -0.2) is 44.3 Å². The van der Waals surface area contributed by atoms with Crippen molar-refractivity contribution in [1.82, 2.24) is 0 Å². The van der Waals surface area contributed by atoms with Gasteiger partial charge in [0, 0.05) is 21.3 Å². The molecule has 4 aromatic carbocycles. The molecule has 0 atom stereocenters. The predicted molar refractivity (Wildman–Crippen MR) is 205 cm³/mol. The minimum Gasteiger partial charge on any atom is -0.494 e. The fourth-order valence-corrected chi connectivity index (χ4v) is 4.96. The van der Waals surface area contributed by atoms with Crippen LogP contribution in [0.25, 0.3) is 0 Å². The molecule has 0 saturated heterocycles. The summed E-state index contributed by atoms with van der Waals surface area (Å²) in [6, 6.07) is 25.4. The summed E-state index contributed by atoms with van der Waals surface area (Å²) in [5.74, 6) is 5.17. The number of carbonyl (C=O) groups is 3. The third kappa shape index (κ3) is 13.4. The zero-order valence-electron chi connectivity index (χ0n) is 28.7. The normalized spacial score (nSPS) is 10.4. The van der Waals surface area contributed by atoms with Crippen LogP contribution in [-0.2, 0) is 9.47 Å². The van der Waals surface area contributed by atoms with Gasteiger partial charge in [-0.1, -0.05) is 37.7 Å². The summed E-state index contributed by atoms with van der Waals surface area (Å²) in [5, 5.41) is 0. The zero-order chi connectivity index (χ0) is 36.3. The summed E-state index contributed by atoms with van der Waals surface area (Å²) in [6.07, 6.45) is 7.49. The third-order valence-corrected chi connectivity index (χ3v) is 8.13. The number of unbranched alkanes of at least 4 members (excludes halogenated alkanes) is 4. The van der Waals surface area contributed by atoms with E-state index in [4.69, 9.17) is 23.7 Å². The topological polar surface area (TPSA) is 97.4 Å². The van der Waals surface area contributed by atoms with Gasteiger partial charge in [0.05, 0.1) is 30.9 Å². The number of rotatable bonds is 18. The molecule has 0 amide bonds. The van der Waals surface area contributed by atoms with E-state index in [2.05, 4.69) is 41.0 Å². The van der Waals surface area contributed by atoms with Crippen LogP contribution in [0, 0.1) is 15.4 Å². The van der Waals surface area contributed by atoms with Crippen LogP contribution in [0.1, 0.15) is 87.6 Å². The van der Waals surface area contributed by atoms with Crippen LogP contribution in [0.15, 0.2) is 104 Å². The van der Waals surface area contributed by atoms with Gasteiger partial charge in [0.2, 0.25) is 0 Å². The predicted octanol–water partition coefficient (Wildman–Crippen LogP) is 9.23. The van der Waals surface area contributed by atoms with Crippen molar-refractivity contribution in [2.24, 2.45) is 0 Å². The van der Waals surface area contributed by atoms with Gasteiger partial charge in [0.1, 0.15) is 22.8 Å². The van der Waals surface area contributed by atoms with Crippen LogP contribution in [0.4, 0.5) is 0 Å². The van der Waals surface area contributed by atoms with Gasteiger partial charge in [-0.15, -0.1) is 6.58 Å². The van der Waals surface area contributed by atoms with E-state index in [0.29, 0.717) is 30.8 Å². The second-order valence-electron chi connectivity index (χ2n) is 11.4. The molecule has 0 fully saturated rings. The Labute approximate surface area is 313 Å². The molecule has 0 aliphatic carbocycles. The van der Waals surface area contributed by atoms with Gasteiger partial charge in [-0.05, 0) is 139 Å². The van der Waals surface area contributed by atoms with Gasteiger partial charge in [0.25, 0.3) is 0 Å². The quantitative estimate of drug-likeness (QED) is 0.0246. The summed E-state index contributed by atoms with van der Waals surface area (Å²) in [6.45, 7) is 7.84. The summed E-state index contributed by atoms with van der Waals surface area (Å²) >= 11 is 2.14. The number of hydrogen-bond acceptors (Lipinski definition) is 8. The largest absolute Gasteiger partial charge is 0.494 e.